The first-order valence-electron chi connectivity index (χ1n) is 4.92. The second kappa shape index (κ2) is 3.75. The molecule has 0 amide bonds. The van der Waals surface area contributed by atoms with Crippen LogP contribution in [0.15, 0.2) is 0 Å². The molecular weight excluding hydrogens is 150 g/mol. The van der Waals surface area contributed by atoms with Gasteiger partial charge in [0.2, 0.25) is 0 Å². The quantitative estimate of drug-likeness (QED) is 0.644. The van der Waals surface area contributed by atoms with Crippen LogP contribution in [-0.4, -0.2) is 11.6 Å². The van der Waals surface area contributed by atoms with Crippen LogP contribution in [0.2, 0.25) is 0 Å². The lowest BCUT2D eigenvalue weighted by molar-refractivity contribution is -0.0922. The van der Waals surface area contributed by atoms with E-state index in [1.807, 2.05) is 0 Å². The third kappa shape index (κ3) is 3.11. The molecule has 2 unspecified atom stereocenters. The van der Waals surface area contributed by atoms with Crippen molar-refractivity contribution >= 4 is 0 Å². The van der Waals surface area contributed by atoms with E-state index in [1.54, 1.807) is 0 Å². The maximum absolute atomic E-state index is 5.53. The lowest BCUT2D eigenvalue weighted by Gasteiger charge is -2.24. The van der Waals surface area contributed by atoms with Crippen molar-refractivity contribution in [1.82, 2.24) is 5.48 Å². The van der Waals surface area contributed by atoms with Crippen molar-refractivity contribution in [3.05, 3.63) is 0 Å². The predicted molar refractivity (Wildman–Crippen MR) is 50.8 cm³/mol. The first kappa shape index (κ1) is 10.0. The second-order valence-electron chi connectivity index (χ2n) is 4.85. The van der Waals surface area contributed by atoms with Gasteiger partial charge in [-0.1, -0.05) is 13.3 Å². The van der Waals surface area contributed by atoms with Crippen molar-refractivity contribution in [1.29, 1.82) is 0 Å². The summed E-state index contributed by atoms with van der Waals surface area (Å²) in [5.74, 6) is 0.771. The lowest BCUT2D eigenvalue weighted by atomic mass is 10.1. The van der Waals surface area contributed by atoms with E-state index in [0.717, 1.165) is 5.92 Å². The zero-order chi connectivity index (χ0) is 9.19. The molecule has 1 N–H and O–H groups in total. The third-order valence-corrected chi connectivity index (χ3v) is 2.38. The van der Waals surface area contributed by atoms with Crippen LogP contribution in [0.4, 0.5) is 0 Å². The molecule has 1 saturated carbocycles. The number of nitrogens with one attached hydrogen (secondary N) is 1. The maximum atomic E-state index is 5.53. The van der Waals surface area contributed by atoms with Crippen molar-refractivity contribution in [2.45, 2.75) is 58.6 Å². The van der Waals surface area contributed by atoms with Gasteiger partial charge < -0.3 is 0 Å². The predicted octanol–water partition coefficient (Wildman–Crippen LogP) is 2.49. The molecule has 12 heavy (non-hydrogen) atoms. The van der Waals surface area contributed by atoms with Gasteiger partial charge in [0, 0.05) is 6.04 Å². The molecule has 1 fully saturated rings. The Balaban J connectivity index is 2.23. The van der Waals surface area contributed by atoms with Gasteiger partial charge in [-0.05, 0) is 39.5 Å². The fraction of sp³-hybridized carbons (Fsp3) is 1.00. The average Bonchev–Trinajstić information content (AvgIpc) is 2.29. The highest BCUT2D eigenvalue weighted by Gasteiger charge is 2.24. The molecule has 0 radical (unpaired) electrons. The van der Waals surface area contributed by atoms with E-state index in [9.17, 15) is 0 Å². The summed E-state index contributed by atoms with van der Waals surface area (Å²) in [6, 6.07) is 0.573. The molecule has 0 heterocycles. The first-order chi connectivity index (χ1) is 5.49. The molecular formula is C10H21NO. The van der Waals surface area contributed by atoms with Crippen LogP contribution in [0.3, 0.4) is 0 Å². The number of hydrogen-bond acceptors (Lipinski definition) is 2. The molecule has 1 aliphatic carbocycles. The Morgan fingerprint density at radius 2 is 1.92 bits per heavy atom. The molecule has 0 aromatic carbocycles. The largest absolute Gasteiger partial charge is 0.296 e. The molecule has 0 bridgehead atoms. The molecule has 1 aliphatic rings. The summed E-state index contributed by atoms with van der Waals surface area (Å²) in [7, 11) is 0. The monoisotopic (exact) mass is 171 g/mol. The Morgan fingerprint density at radius 1 is 1.25 bits per heavy atom. The fourth-order valence-corrected chi connectivity index (χ4v) is 1.57. The average molecular weight is 171 g/mol. The number of rotatable bonds is 2. The van der Waals surface area contributed by atoms with Gasteiger partial charge in [0.15, 0.2) is 0 Å². The van der Waals surface area contributed by atoms with Gasteiger partial charge in [0.1, 0.15) is 0 Å². The van der Waals surface area contributed by atoms with Crippen LogP contribution in [0.1, 0.15) is 47.0 Å². The number of hydroxylamine groups is 1. The lowest BCUT2D eigenvalue weighted by Crippen LogP contribution is -2.37. The van der Waals surface area contributed by atoms with E-state index in [-0.39, 0.29) is 5.60 Å². The van der Waals surface area contributed by atoms with Crippen LogP contribution in [-0.2, 0) is 4.84 Å². The minimum atomic E-state index is -0.0672. The van der Waals surface area contributed by atoms with Gasteiger partial charge >= 0.3 is 0 Å². The molecule has 0 aromatic heterocycles. The molecule has 0 spiro atoms. The van der Waals surface area contributed by atoms with Crippen LogP contribution >= 0.6 is 0 Å². The summed E-state index contributed by atoms with van der Waals surface area (Å²) < 4.78 is 0. The Hall–Kier alpha value is -0.0800. The van der Waals surface area contributed by atoms with Gasteiger partial charge in [-0.25, -0.2) is 0 Å². The maximum Gasteiger partial charge on any atom is 0.0813 e. The minimum absolute atomic E-state index is 0.0672. The summed E-state index contributed by atoms with van der Waals surface area (Å²) in [6.07, 6.45) is 3.94. The van der Waals surface area contributed by atoms with Crippen molar-refractivity contribution in [2.75, 3.05) is 0 Å². The molecule has 0 saturated heterocycles. The van der Waals surface area contributed by atoms with Gasteiger partial charge in [-0.2, -0.15) is 5.48 Å². The summed E-state index contributed by atoms with van der Waals surface area (Å²) in [5.41, 5.74) is 3.10. The van der Waals surface area contributed by atoms with E-state index in [0.29, 0.717) is 6.04 Å². The van der Waals surface area contributed by atoms with E-state index in [4.69, 9.17) is 4.84 Å². The molecule has 0 aromatic rings. The highest BCUT2D eigenvalue weighted by Crippen LogP contribution is 2.25. The second-order valence-corrected chi connectivity index (χ2v) is 4.85. The summed E-state index contributed by atoms with van der Waals surface area (Å²) in [6.45, 7) is 8.50. The molecule has 2 nitrogen and oxygen atoms in total. The Kier molecular flexibility index (Phi) is 3.13. The number of hydrogen-bond donors (Lipinski definition) is 1. The van der Waals surface area contributed by atoms with Crippen molar-refractivity contribution in [2.24, 2.45) is 5.92 Å². The summed E-state index contributed by atoms with van der Waals surface area (Å²) in [4.78, 5) is 5.53. The van der Waals surface area contributed by atoms with E-state index in [2.05, 4.69) is 33.2 Å². The summed E-state index contributed by atoms with van der Waals surface area (Å²) >= 11 is 0. The van der Waals surface area contributed by atoms with Gasteiger partial charge in [0.05, 0.1) is 5.60 Å². The fourth-order valence-electron chi connectivity index (χ4n) is 1.57. The van der Waals surface area contributed by atoms with E-state index < -0.39 is 0 Å². The summed E-state index contributed by atoms with van der Waals surface area (Å²) in [5, 5.41) is 0. The third-order valence-electron chi connectivity index (χ3n) is 2.38. The molecule has 1 rings (SSSR count). The minimum Gasteiger partial charge on any atom is -0.296 e. The Bertz CT molecular complexity index is 139. The van der Waals surface area contributed by atoms with Gasteiger partial charge in [0.25, 0.3) is 0 Å². The van der Waals surface area contributed by atoms with Crippen molar-refractivity contribution in [3.63, 3.8) is 0 Å². The SMILES string of the molecule is CC1CCCC1NOC(C)(C)C. The van der Waals surface area contributed by atoms with E-state index in [1.165, 1.54) is 19.3 Å². The standard InChI is InChI=1S/C10H21NO/c1-8-6-5-7-9(8)11-12-10(2,3)4/h8-9,11H,5-7H2,1-4H3. The zero-order valence-corrected chi connectivity index (χ0v) is 8.68. The first-order valence-corrected chi connectivity index (χ1v) is 4.92. The smallest absolute Gasteiger partial charge is 0.0813 e. The molecule has 2 atom stereocenters. The van der Waals surface area contributed by atoms with Gasteiger partial charge in [-0.3, -0.25) is 4.84 Å². The van der Waals surface area contributed by atoms with Crippen LogP contribution < -0.4 is 5.48 Å². The van der Waals surface area contributed by atoms with Gasteiger partial charge in [-0.15, -0.1) is 0 Å². The topological polar surface area (TPSA) is 21.3 Å². The molecule has 2 heteroatoms. The van der Waals surface area contributed by atoms with E-state index >= 15 is 0 Å². The Morgan fingerprint density at radius 3 is 2.33 bits per heavy atom. The van der Waals surface area contributed by atoms with Crippen LogP contribution in [0.25, 0.3) is 0 Å². The Labute approximate surface area is 75.6 Å². The highest BCUT2D eigenvalue weighted by atomic mass is 16.7. The highest BCUT2D eigenvalue weighted by molar-refractivity contribution is 4.77. The molecule has 0 aliphatic heterocycles. The van der Waals surface area contributed by atoms with Crippen molar-refractivity contribution in [3.8, 4) is 0 Å². The molecule has 72 valence electrons. The van der Waals surface area contributed by atoms with Crippen LogP contribution in [0, 0.1) is 5.92 Å². The normalized spacial score (nSPS) is 31.0. The zero-order valence-electron chi connectivity index (χ0n) is 8.68. The van der Waals surface area contributed by atoms with Crippen molar-refractivity contribution < 1.29 is 4.84 Å². The van der Waals surface area contributed by atoms with Crippen LogP contribution in [0.5, 0.6) is 0 Å².